The minimum atomic E-state index is -0.395. The van der Waals surface area contributed by atoms with Gasteiger partial charge in [-0.1, -0.05) is 17.7 Å². The van der Waals surface area contributed by atoms with E-state index in [1.165, 1.54) is 5.56 Å². The SMILES string of the molecule is Cc1cc(C)c(NC(=O)NCCC(C)O)c(C)c1. The van der Waals surface area contributed by atoms with Gasteiger partial charge in [0.2, 0.25) is 0 Å². The van der Waals surface area contributed by atoms with Crippen LogP contribution in [0.5, 0.6) is 0 Å². The Hall–Kier alpha value is -1.55. The van der Waals surface area contributed by atoms with Crippen LogP contribution >= 0.6 is 0 Å². The summed E-state index contributed by atoms with van der Waals surface area (Å²) in [5.74, 6) is 0. The van der Waals surface area contributed by atoms with E-state index in [4.69, 9.17) is 5.11 Å². The highest BCUT2D eigenvalue weighted by atomic mass is 16.3. The van der Waals surface area contributed by atoms with Gasteiger partial charge in [0.15, 0.2) is 0 Å². The standard InChI is InChI=1S/C14H22N2O2/c1-9-7-10(2)13(11(3)8-9)16-14(18)15-6-5-12(4)17/h7-8,12,17H,5-6H2,1-4H3,(H2,15,16,18). The molecule has 18 heavy (non-hydrogen) atoms. The van der Waals surface area contributed by atoms with Crippen molar-refractivity contribution in [3.63, 3.8) is 0 Å². The van der Waals surface area contributed by atoms with Gasteiger partial charge in [-0.3, -0.25) is 0 Å². The molecule has 3 N–H and O–H groups in total. The second-order valence-electron chi connectivity index (χ2n) is 4.79. The Kier molecular flexibility index (Phi) is 5.16. The first-order chi connectivity index (χ1) is 8.40. The number of nitrogens with one attached hydrogen (secondary N) is 2. The molecule has 0 fully saturated rings. The number of aliphatic hydroxyl groups excluding tert-OH is 1. The summed E-state index contributed by atoms with van der Waals surface area (Å²) in [6.45, 7) is 8.16. The lowest BCUT2D eigenvalue weighted by atomic mass is 10.1. The van der Waals surface area contributed by atoms with E-state index in [1.807, 2.05) is 32.9 Å². The molecule has 4 nitrogen and oxygen atoms in total. The second-order valence-corrected chi connectivity index (χ2v) is 4.79. The fourth-order valence-corrected chi connectivity index (χ4v) is 1.93. The number of carbonyl (C=O) groups excluding carboxylic acids is 1. The summed E-state index contributed by atoms with van der Waals surface area (Å²) in [6.07, 6.45) is 0.160. The third-order valence-corrected chi connectivity index (χ3v) is 2.76. The van der Waals surface area contributed by atoms with Crippen molar-refractivity contribution in [2.45, 2.75) is 40.2 Å². The lowest BCUT2D eigenvalue weighted by Crippen LogP contribution is -2.31. The fraction of sp³-hybridized carbons (Fsp3) is 0.500. The molecule has 1 atom stereocenters. The number of amides is 2. The number of aryl methyl sites for hydroxylation is 3. The molecule has 0 aliphatic rings. The first kappa shape index (κ1) is 14.5. The Morgan fingerprint density at radius 2 is 1.83 bits per heavy atom. The van der Waals surface area contributed by atoms with Crippen LogP contribution in [-0.2, 0) is 0 Å². The van der Waals surface area contributed by atoms with E-state index in [9.17, 15) is 4.79 Å². The van der Waals surface area contributed by atoms with Crippen molar-refractivity contribution in [2.75, 3.05) is 11.9 Å². The van der Waals surface area contributed by atoms with Gasteiger partial charge in [-0.15, -0.1) is 0 Å². The number of urea groups is 1. The minimum Gasteiger partial charge on any atom is -0.393 e. The van der Waals surface area contributed by atoms with Gasteiger partial charge in [-0.05, 0) is 45.2 Å². The van der Waals surface area contributed by atoms with Crippen LogP contribution in [-0.4, -0.2) is 23.8 Å². The summed E-state index contributed by atoms with van der Waals surface area (Å²) in [5.41, 5.74) is 4.15. The summed E-state index contributed by atoms with van der Waals surface area (Å²) in [4.78, 5) is 11.7. The molecule has 1 rings (SSSR count). The Balaban J connectivity index is 2.59. The van der Waals surface area contributed by atoms with Crippen LogP contribution in [0.4, 0.5) is 10.5 Å². The molecule has 1 unspecified atom stereocenters. The molecule has 0 saturated heterocycles. The average Bonchev–Trinajstić information content (AvgIpc) is 2.22. The Labute approximate surface area is 108 Å². The summed E-state index contributed by atoms with van der Waals surface area (Å²) < 4.78 is 0. The van der Waals surface area contributed by atoms with E-state index in [1.54, 1.807) is 6.92 Å². The maximum atomic E-state index is 11.7. The highest BCUT2D eigenvalue weighted by molar-refractivity contribution is 5.91. The van der Waals surface area contributed by atoms with Crippen LogP contribution in [0.15, 0.2) is 12.1 Å². The van der Waals surface area contributed by atoms with Crippen molar-refractivity contribution in [1.29, 1.82) is 0 Å². The number of rotatable bonds is 4. The molecular formula is C14H22N2O2. The van der Waals surface area contributed by atoms with Crippen LogP contribution in [0.2, 0.25) is 0 Å². The van der Waals surface area contributed by atoms with Crippen LogP contribution in [0.1, 0.15) is 30.0 Å². The van der Waals surface area contributed by atoms with Gasteiger partial charge in [0.05, 0.1) is 6.10 Å². The normalized spacial score (nSPS) is 12.1. The molecule has 0 spiro atoms. The first-order valence-corrected chi connectivity index (χ1v) is 6.21. The Morgan fingerprint density at radius 1 is 1.28 bits per heavy atom. The predicted molar refractivity (Wildman–Crippen MR) is 74.0 cm³/mol. The van der Waals surface area contributed by atoms with E-state index in [0.29, 0.717) is 13.0 Å². The zero-order valence-corrected chi connectivity index (χ0v) is 11.5. The van der Waals surface area contributed by atoms with Gasteiger partial charge < -0.3 is 15.7 Å². The second kappa shape index (κ2) is 6.40. The third kappa shape index (κ3) is 4.37. The van der Waals surface area contributed by atoms with Crippen LogP contribution in [0, 0.1) is 20.8 Å². The molecule has 1 aromatic rings. The van der Waals surface area contributed by atoms with Gasteiger partial charge in [0, 0.05) is 12.2 Å². The van der Waals surface area contributed by atoms with Crippen molar-refractivity contribution in [3.05, 3.63) is 28.8 Å². The first-order valence-electron chi connectivity index (χ1n) is 6.21. The Morgan fingerprint density at radius 3 is 2.33 bits per heavy atom. The van der Waals surface area contributed by atoms with Crippen LogP contribution in [0.3, 0.4) is 0 Å². The van der Waals surface area contributed by atoms with Gasteiger partial charge in [-0.25, -0.2) is 4.79 Å². The number of aliphatic hydroxyl groups is 1. The van der Waals surface area contributed by atoms with E-state index in [2.05, 4.69) is 10.6 Å². The number of benzene rings is 1. The molecule has 0 bridgehead atoms. The van der Waals surface area contributed by atoms with Crippen LogP contribution in [0.25, 0.3) is 0 Å². The maximum absolute atomic E-state index is 11.7. The van der Waals surface area contributed by atoms with E-state index in [-0.39, 0.29) is 6.03 Å². The monoisotopic (exact) mass is 250 g/mol. The van der Waals surface area contributed by atoms with Crippen molar-refractivity contribution in [2.24, 2.45) is 0 Å². The molecule has 0 aliphatic carbocycles. The maximum Gasteiger partial charge on any atom is 0.319 e. The molecule has 2 amide bonds. The van der Waals surface area contributed by atoms with Crippen molar-refractivity contribution >= 4 is 11.7 Å². The largest absolute Gasteiger partial charge is 0.393 e. The molecule has 1 aromatic carbocycles. The lowest BCUT2D eigenvalue weighted by Gasteiger charge is -2.13. The number of carbonyl (C=O) groups is 1. The molecule has 0 heterocycles. The molecule has 0 aliphatic heterocycles. The van der Waals surface area contributed by atoms with Gasteiger partial charge in [-0.2, -0.15) is 0 Å². The number of anilines is 1. The van der Waals surface area contributed by atoms with E-state index >= 15 is 0 Å². The van der Waals surface area contributed by atoms with Crippen molar-refractivity contribution in [3.8, 4) is 0 Å². The summed E-state index contributed by atoms with van der Waals surface area (Å²) in [7, 11) is 0. The fourth-order valence-electron chi connectivity index (χ4n) is 1.93. The smallest absolute Gasteiger partial charge is 0.319 e. The summed E-state index contributed by atoms with van der Waals surface area (Å²) >= 11 is 0. The quantitative estimate of drug-likeness (QED) is 0.769. The van der Waals surface area contributed by atoms with Crippen molar-refractivity contribution in [1.82, 2.24) is 5.32 Å². The van der Waals surface area contributed by atoms with E-state index in [0.717, 1.165) is 16.8 Å². The lowest BCUT2D eigenvalue weighted by molar-refractivity contribution is 0.184. The zero-order chi connectivity index (χ0) is 13.7. The minimum absolute atomic E-state index is 0.231. The highest BCUT2D eigenvalue weighted by Crippen LogP contribution is 2.21. The number of hydrogen-bond donors (Lipinski definition) is 3. The third-order valence-electron chi connectivity index (χ3n) is 2.76. The van der Waals surface area contributed by atoms with Crippen molar-refractivity contribution < 1.29 is 9.90 Å². The summed E-state index contributed by atoms with van der Waals surface area (Å²) in [6, 6.07) is 3.85. The average molecular weight is 250 g/mol. The predicted octanol–water partition coefficient (Wildman–Crippen LogP) is 2.50. The summed E-state index contributed by atoms with van der Waals surface area (Å²) in [5, 5.41) is 14.7. The molecule has 0 aromatic heterocycles. The van der Waals surface area contributed by atoms with E-state index < -0.39 is 6.10 Å². The van der Waals surface area contributed by atoms with Gasteiger partial charge >= 0.3 is 6.03 Å². The highest BCUT2D eigenvalue weighted by Gasteiger charge is 2.07. The topological polar surface area (TPSA) is 61.4 Å². The molecule has 100 valence electrons. The number of hydrogen-bond acceptors (Lipinski definition) is 2. The molecule has 4 heteroatoms. The van der Waals surface area contributed by atoms with Gasteiger partial charge in [0.25, 0.3) is 0 Å². The van der Waals surface area contributed by atoms with Gasteiger partial charge in [0.1, 0.15) is 0 Å². The zero-order valence-electron chi connectivity index (χ0n) is 11.5. The molecule has 0 radical (unpaired) electrons. The Bertz CT molecular complexity index is 405. The molecule has 0 saturated carbocycles. The molecular weight excluding hydrogens is 228 g/mol. The van der Waals surface area contributed by atoms with Crippen LogP contribution < -0.4 is 10.6 Å².